The molecule has 0 aromatic carbocycles. The molecule has 0 spiro atoms. The van der Waals surface area contributed by atoms with Gasteiger partial charge in [0, 0.05) is 0 Å². The van der Waals surface area contributed by atoms with E-state index in [-0.39, 0.29) is 18.0 Å². The number of carbonyl (C=O) groups is 1. The molecule has 0 bridgehead atoms. The number of rotatable bonds is 2. The van der Waals surface area contributed by atoms with Gasteiger partial charge in [0.15, 0.2) is 12.4 Å². The first-order valence-electron chi connectivity index (χ1n) is 3.91. The smallest absolute Gasteiger partial charge is 0.334 e. The normalized spacial score (nSPS) is 27.3. The highest BCUT2D eigenvalue weighted by atomic mass is 16.5. The molecule has 0 aliphatic carbocycles. The van der Waals surface area contributed by atoms with Gasteiger partial charge in [0.05, 0.1) is 7.11 Å². The summed E-state index contributed by atoms with van der Waals surface area (Å²) in [7, 11) is 1.35. The lowest BCUT2D eigenvalue weighted by molar-refractivity contribution is -0.144. The van der Waals surface area contributed by atoms with Crippen molar-refractivity contribution in [3.63, 3.8) is 0 Å². The predicted octanol–water partition coefficient (Wildman–Crippen LogP) is 0.611. The molecule has 2 atom stereocenters. The number of ether oxygens (including phenoxy) is 2. The maximum atomic E-state index is 11.1. The largest absolute Gasteiger partial charge is 0.477 e. The summed E-state index contributed by atoms with van der Waals surface area (Å²) in [5.74, 6) is -0.0703. The van der Waals surface area contributed by atoms with Crippen LogP contribution in [0.15, 0.2) is 4.99 Å². The maximum Gasteiger partial charge on any atom is 0.334 e. The monoisotopic (exact) mass is 171 g/mol. The van der Waals surface area contributed by atoms with Gasteiger partial charge in [0.2, 0.25) is 0 Å². The molecule has 0 saturated carbocycles. The first-order valence-corrected chi connectivity index (χ1v) is 3.91. The molecule has 1 heterocycles. The third-order valence-electron chi connectivity index (χ3n) is 1.85. The van der Waals surface area contributed by atoms with Crippen LogP contribution >= 0.6 is 0 Å². The van der Waals surface area contributed by atoms with Gasteiger partial charge in [-0.25, -0.2) is 9.79 Å². The molecule has 4 nitrogen and oxygen atoms in total. The van der Waals surface area contributed by atoms with Crippen molar-refractivity contribution in [3.8, 4) is 0 Å². The second-order valence-electron chi connectivity index (χ2n) is 3.07. The van der Waals surface area contributed by atoms with Gasteiger partial charge in [-0.05, 0) is 5.92 Å². The number of hydrogen-bond donors (Lipinski definition) is 0. The SMILES string of the molecule is COC(=O)[C@@H]1N=CO[C@@H]1C(C)C. The van der Waals surface area contributed by atoms with Crippen LogP contribution in [-0.2, 0) is 14.3 Å². The zero-order valence-electron chi connectivity index (χ0n) is 7.48. The van der Waals surface area contributed by atoms with Crippen LogP contribution in [0.4, 0.5) is 0 Å². The minimum Gasteiger partial charge on any atom is -0.477 e. The van der Waals surface area contributed by atoms with Gasteiger partial charge in [-0.15, -0.1) is 0 Å². The van der Waals surface area contributed by atoms with Gasteiger partial charge in [0.25, 0.3) is 0 Å². The van der Waals surface area contributed by atoms with Crippen LogP contribution in [0.25, 0.3) is 0 Å². The molecule has 1 aliphatic heterocycles. The number of nitrogens with zero attached hydrogens (tertiary/aromatic N) is 1. The summed E-state index contributed by atoms with van der Waals surface area (Å²) in [5.41, 5.74) is 0. The van der Waals surface area contributed by atoms with E-state index in [9.17, 15) is 4.79 Å². The van der Waals surface area contributed by atoms with E-state index in [1.165, 1.54) is 13.5 Å². The molecular weight excluding hydrogens is 158 g/mol. The summed E-state index contributed by atoms with van der Waals surface area (Å²) in [6, 6.07) is -0.477. The second kappa shape index (κ2) is 3.56. The molecule has 0 saturated heterocycles. The number of hydrogen-bond acceptors (Lipinski definition) is 4. The fourth-order valence-corrected chi connectivity index (χ4v) is 1.17. The first kappa shape index (κ1) is 9.03. The molecule has 4 heteroatoms. The van der Waals surface area contributed by atoms with E-state index in [1.807, 2.05) is 13.8 Å². The Labute approximate surface area is 71.6 Å². The van der Waals surface area contributed by atoms with Crippen LogP contribution in [0, 0.1) is 5.92 Å². The Hall–Kier alpha value is -1.06. The molecule has 0 aromatic heterocycles. The standard InChI is InChI=1S/C8H13NO3/c1-5(2)7-6(8(10)11-3)9-4-12-7/h4-7H,1-3H3/t6-,7-/m1/s1. The fraction of sp³-hybridized carbons (Fsp3) is 0.750. The summed E-state index contributed by atoms with van der Waals surface area (Å²) < 4.78 is 9.74. The minimum absolute atomic E-state index is 0.169. The summed E-state index contributed by atoms with van der Waals surface area (Å²) in [5, 5.41) is 0. The molecular formula is C8H13NO3. The Morgan fingerprint density at radius 1 is 1.67 bits per heavy atom. The van der Waals surface area contributed by atoms with Crippen molar-refractivity contribution in [3.05, 3.63) is 0 Å². The Morgan fingerprint density at radius 2 is 2.33 bits per heavy atom. The zero-order chi connectivity index (χ0) is 9.14. The van der Waals surface area contributed by atoms with E-state index in [4.69, 9.17) is 4.74 Å². The van der Waals surface area contributed by atoms with Gasteiger partial charge in [-0.2, -0.15) is 0 Å². The molecule has 0 fully saturated rings. The summed E-state index contributed by atoms with van der Waals surface area (Å²) in [6.45, 7) is 3.96. The highest BCUT2D eigenvalue weighted by molar-refractivity contribution is 5.79. The number of carbonyl (C=O) groups excluding carboxylic acids is 1. The highest BCUT2D eigenvalue weighted by Crippen LogP contribution is 2.18. The van der Waals surface area contributed by atoms with Gasteiger partial charge in [-0.3, -0.25) is 0 Å². The van der Waals surface area contributed by atoms with E-state index < -0.39 is 6.04 Å². The molecule has 1 aliphatic rings. The van der Waals surface area contributed by atoms with Gasteiger partial charge in [0.1, 0.15) is 6.10 Å². The molecule has 1 rings (SSSR count). The van der Waals surface area contributed by atoms with Crippen molar-refractivity contribution < 1.29 is 14.3 Å². The number of esters is 1. The quantitative estimate of drug-likeness (QED) is 0.572. The number of aliphatic imine (C=N–C) groups is 1. The number of methoxy groups -OCH3 is 1. The first-order chi connectivity index (χ1) is 5.66. The van der Waals surface area contributed by atoms with E-state index in [0.717, 1.165) is 0 Å². The molecule has 0 radical (unpaired) electrons. The molecule has 0 N–H and O–H groups in total. The topological polar surface area (TPSA) is 47.9 Å². The van der Waals surface area contributed by atoms with Gasteiger partial charge >= 0.3 is 5.97 Å². The van der Waals surface area contributed by atoms with E-state index in [1.54, 1.807) is 0 Å². The lowest BCUT2D eigenvalue weighted by Gasteiger charge is -2.18. The Bertz CT molecular complexity index is 200. The summed E-state index contributed by atoms with van der Waals surface area (Å²) >= 11 is 0. The second-order valence-corrected chi connectivity index (χ2v) is 3.07. The fourth-order valence-electron chi connectivity index (χ4n) is 1.17. The Balaban J connectivity index is 2.62. The van der Waals surface area contributed by atoms with Crippen molar-refractivity contribution >= 4 is 12.4 Å². The zero-order valence-corrected chi connectivity index (χ0v) is 7.48. The van der Waals surface area contributed by atoms with E-state index >= 15 is 0 Å². The van der Waals surface area contributed by atoms with Crippen LogP contribution in [0.3, 0.4) is 0 Å². The molecule has 12 heavy (non-hydrogen) atoms. The molecule has 68 valence electrons. The van der Waals surface area contributed by atoms with Crippen LogP contribution < -0.4 is 0 Å². The minimum atomic E-state index is -0.477. The van der Waals surface area contributed by atoms with Gasteiger partial charge < -0.3 is 9.47 Å². The van der Waals surface area contributed by atoms with Crippen molar-refractivity contribution in [2.75, 3.05) is 7.11 Å². The van der Waals surface area contributed by atoms with Crippen LogP contribution in [-0.4, -0.2) is 31.6 Å². The highest BCUT2D eigenvalue weighted by Gasteiger charge is 2.35. The summed E-state index contributed by atoms with van der Waals surface area (Å²) in [4.78, 5) is 15.0. The van der Waals surface area contributed by atoms with Crippen molar-refractivity contribution in [2.24, 2.45) is 10.9 Å². The maximum absolute atomic E-state index is 11.1. The van der Waals surface area contributed by atoms with Crippen LogP contribution in [0.5, 0.6) is 0 Å². The van der Waals surface area contributed by atoms with Crippen LogP contribution in [0.1, 0.15) is 13.8 Å². The van der Waals surface area contributed by atoms with Gasteiger partial charge in [-0.1, -0.05) is 13.8 Å². The van der Waals surface area contributed by atoms with E-state index in [2.05, 4.69) is 9.73 Å². The molecule has 0 aromatic rings. The average Bonchev–Trinajstić information content (AvgIpc) is 2.50. The predicted molar refractivity (Wildman–Crippen MR) is 44.0 cm³/mol. The molecule has 0 amide bonds. The van der Waals surface area contributed by atoms with E-state index in [0.29, 0.717) is 0 Å². The van der Waals surface area contributed by atoms with Crippen molar-refractivity contribution in [2.45, 2.75) is 26.0 Å². The van der Waals surface area contributed by atoms with Crippen molar-refractivity contribution in [1.82, 2.24) is 0 Å². The van der Waals surface area contributed by atoms with Crippen molar-refractivity contribution in [1.29, 1.82) is 0 Å². The summed E-state index contributed by atoms with van der Waals surface area (Å²) in [6.07, 6.45) is 1.16. The van der Waals surface area contributed by atoms with Crippen LogP contribution in [0.2, 0.25) is 0 Å². The Kier molecular flexibility index (Phi) is 2.68. The average molecular weight is 171 g/mol. The third kappa shape index (κ3) is 1.57. The molecule has 0 unspecified atom stereocenters. The Morgan fingerprint density at radius 3 is 2.83 bits per heavy atom. The third-order valence-corrected chi connectivity index (χ3v) is 1.85. The lowest BCUT2D eigenvalue weighted by Crippen LogP contribution is -2.34. The lowest BCUT2D eigenvalue weighted by atomic mass is 10.0.